The first-order valence-corrected chi connectivity index (χ1v) is 11.3. The summed E-state index contributed by atoms with van der Waals surface area (Å²) >= 11 is 7.82. The fourth-order valence-electron chi connectivity index (χ4n) is 3.48. The predicted octanol–water partition coefficient (Wildman–Crippen LogP) is 4.05. The highest BCUT2D eigenvalue weighted by Gasteiger charge is 2.35. The first-order valence-electron chi connectivity index (χ1n) is 8.85. The van der Waals surface area contributed by atoms with Crippen LogP contribution >= 0.6 is 43.2 Å². The van der Waals surface area contributed by atoms with Crippen LogP contribution in [0.15, 0.2) is 15.0 Å². The number of ether oxygens (including phenoxy) is 1. The number of thiophene rings is 1. The van der Waals surface area contributed by atoms with E-state index in [-0.39, 0.29) is 28.0 Å². The Balaban J connectivity index is 1.65. The Bertz CT molecular complexity index is 1030. The molecular weight excluding hydrogens is 530 g/mol. The highest BCUT2D eigenvalue weighted by atomic mass is 79.9. The molecule has 11 heteroatoms. The minimum atomic E-state index is -0.676. The van der Waals surface area contributed by atoms with Crippen LogP contribution in [0.2, 0.25) is 0 Å². The van der Waals surface area contributed by atoms with Crippen molar-refractivity contribution in [3.63, 3.8) is 0 Å². The Kier molecular flexibility index (Phi) is 5.38. The molecule has 154 valence electrons. The second-order valence-corrected chi connectivity index (χ2v) is 9.34. The topological polar surface area (TPSA) is 111 Å². The molecule has 2 amide bonds. The number of anilines is 1. The van der Waals surface area contributed by atoms with Gasteiger partial charge in [-0.25, -0.2) is 4.79 Å². The Morgan fingerprint density at radius 1 is 1.34 bits per heavy atom. The predicted molar refractivity (Wildman–Crippen MR) is 114 cm³/mol. The van der Waals surface area contributed by atoms with E-state index in [1.54, 1.807) is 17.9 Å². The number of phenols is 2. The summed E-state index contributed by atoms with van der Waals surface area (Å²) in [5, 5.41) is 27.2. The average Bonchev–Trinajstić information content (AvgIpc) is 3.07. The van der Waals surface area contributed by atoms with Crippen molar-refractivity contribution in [1.29, 1.82) is 0 Å². The van der Waals surface area contributed by atoms with Gasteiger partial charge in [-0.05, 0) is 56.8 Å². The number of carbonyl (C=O) groups is 2. The lowest BCUT2D eigenvalue weighted by molar-refractivity contribution is 0.0934. The summed E-state index contributed by atoms with van der Waals surface area (Å²) in [7, 11) is 0. The van der Waals surface area contributed by atoms with Crippen LogP contribution in [-0.4, -0.2) is 40.3 Å². The summed E-state index contributed by atoms with van der Waals surface area (Å²) < 4.78 is 5.60. The van der Waals surface area contributed by atoms with Gasteiger partial charge in [0.05, 0.1) is 23.2 Å². The zero-order chi connectivity index (χ0) is 20.9. The minimum Gasteiger partial charge on any atom is -0.506 e. The molecule has 2 aliphatic rings. The van der Waals surface area contributed by atoms with Gasteiger partial charge >= 0.3 is 6.09 Å². The quantitative estimate of drug-likeness (QED) is 0.452. The molecular formula is C18H17Br2N3O5S. The molecule has 29 heavy (non-hydrogen) atoms. The minimum absolute atomic E-state index is 0.125. The zero-order valence-corrected chi connectivity index (χ0v) is 19.2. The molecule has 3 heterocycles. The summed E-state index contributed by atoms with van der Waals surface area (Å²) in [5.41, 5.74) is 1.92. The van der Waals surface area contributed by atoms with Crippen LogP contribution < -0.4 is 10.6 Å². The highest BCUT2D eigenvalue weighted by molar-refractivity contribution is 9.11. The SMILES string of the molecule is CCOC(=O)N1CCc2c(sc3c2C(=O)NC(c2cc(Br)c(O)c(Br)c2O)N3)C1. The van der Waals surface area contributed by atoms with E-state index in [0.717, 1.165) is 10.4 Å². The van der Waals surface area contributed by atoms with Crippen molar-refractivity contribution in [2.24, 2.45) is 0 Å². The molecule has 2 aliphatic heterocycles. The summed E-state index contributed by atoms with van der Waals surface area (Å²) in [6.45, 7) is 2.97. The van der Waals surface area contributed by atoms with Gasteiger partial charge in [-0.3, -0.25) is 4.79 Å². The highest BCUT2D eigenvalue weighted by Crippen LogP contribution is 2.46. The van der Waals surface area contributed by atoms with Crippen molar-refractivity contribution in [2.45, 2.75) is 26.1 Å². The maximum absolute atomic E-state index is 12.9. The van der Waals surface area contributed by atoms with Crippen LogP contribution in [0, 0.1) is 0 Å². The molecule has 1 unspecified atom stereocenters. The van der Waals surface area contributed by atoms with Crippen LogP contribution in [-0.2, 0) is 17.7 Å². The van der Waals surface area contributed by atoms with Crippen LogP contribution in [0.5, 0.6) is 11.5 Å². The first-order chi connectivity index (χ1) is 13.8. The summed E-state index contributed by atoms with van der Waals surface area (Å²) in [5.74, 6) is -0.535. The number of rotatable bonds is 2. The number of aromatic hydroxyl groups is 2. The number of carbonyl (C=O) groups excluding carboxylic acids is 2. The lowest BCUT2D eigenvalue weighted by atomic mass is 10.0. The number of nitrogens with one attached hydrogen (secondary N) is 2. The van der Waals surface area contributed by atoms with E-state index in [4.69, 9.17) is 4.74 Å². The smallest absolute Gasteiger partial charge is 0.410 e. The molecule has 2 aromatic rings. The fraction of sp³-hybridized carbons (Fsp3) is 0.333. The van der Waals surface area contributed by atoms with Gasteiger partial charge in [-0.15, -0.1) is 11.3 Å². The number of benzene rings is 1. The second kappa shape index (κ2) is 7.69. The molecule has 1 atom stereocenters. The van der Waals surface area contributed by atoms with Crippen LogP contribution in [0.4, 0.5) is 9.80 Å². The standard InChI is InChI=1S/C18H17Br2N3O5S/c1-2-28-18(27)23-4-3-7-10(6-23)29-17-11(7)16(26)21-15(22-17)8-5-9(19)14(25)12(20)13(8)24/h5,15,22,24-25H,2-4,6H2,1H3,(H,21,26). The number of hydrogen-bond donors (Lipinski definition) is 4. The fourth-order valence-corrected chi connectivity index (χ4v) is 5.92. The molecule has 0 spiro atoms. The van der Waals surface area contributed by atoms with Gasteiger partial charge in [-0.2, -0.15) is 0 Å². The molecule has 8 nitrogen and oxygen atoms in total. The van der Waals surface area contributed by atoms with E-state index in [2.05, 4.69) is 42.5 Å². The van der Waals surface area contributed by atoms with Crippen molar-refractivity contribution in [3.8, 4) is 11.5 Å². The van der Waals surface area contributed by atoms with Crippen molar-refractivity contribution in [3.05, 3.63) is 36.6 Å². The number of phenolic OH excluding ortho intramolecular Hbond substituents is 2. The van der Waals surface area contributed by atoms with Crippen molar-refractivity contribution in [1.82, 2.24) is 10.2 Å². The molecule has 0 saturated heterocycles. The van der Waals surface area contributed by atoms with Crippen LogP contribution in [0.3, 0.4) is 0 Å². The molecule has 0 radical (unpaired) electrons. The normalized spacial score (nSPS) is 17.8. The average molecular weight is 547 g/mol. The van der Waals surface area contributed by atoms with E-state index in [1.807, 2.05) is 0 Å². The lowest BCUT2D eigenvalue weighted by Gasteiger charge is -2.28. The second-order valence-electron chi connectivity index (χ2n) is 6.59. The van der Waals surface area contributed by atoms with E-state index in [1.165, 1.54) is 11.3 Å². The summed E-state index contributed by atoms with van der Waals surface area (Å²) in [4.78, 5) is 27.5. The third kappa shape index (κ3) is 3.44. The van der Waals surface area contributed by atoms with Gasteiger partial charge in [0.1, 0.15) is 27.1 Å². The van der Waals surface area contributed by atoms with E-state index >= 15 is 0 Å². The van der Waals surface area contributed by atoms with Crippen molar-refractivity contribution in [2.75, 3.05) is 18.5 Å². The number of nitrogens with zero attached hydrogens (tertiary/aromatic N) is 1. The van der Waals surface area contributed by atoms with Gasteiger partial charge < -0.3 is 30.5 Å². The number of amides is 2. The largest absolute Gasteiger partial charge is 0.506 e. The lowest BCUT2D eigenvalue weighted by Crippen LogP contribution is -2.39. The van der Waals surface area contributed by atoms with Crippen molar-refractivity contribution < 1.29 is 24.5 Å². The number of hydrogen-bond acceptors (Lipinski definition) is 7. The van der Waals surface area contributed by atoms with Gasteiger partial charge in [-0.1, -0.05) is 0 Å². The Labute approximate surface area is 187 Å². The van der Waals surface area contributed by atoms with Gasteiger partial charge in [0.2, 0.25) is 0 Å². The maximum atomic E-state index is 12.9. The van der Waals surface area contributed by atoms with Crippen LogP contribution in [0.25, 0.3) is 0 Å². The monoisotopic (exact) mass is 545 g/mol. The van der Waals surface area contributed by atoms with E-state index in [0.29, 0.717) is 46.7 Å². The molecule has 1 aromatic carbocycles. The van der Waals surface area contributed by atoms with Crippen molar-refractivity contribution >= 4 is 60.2 Å². The van der Waals surface area contributed by atoms with E-state index in [9.17, 15) is 19.8 Å². The Hall–Kier alpha value is -1.98. The van der Waals surface area contributed by atoms with E-state index < -0.39 is 6.17 Å². The Morgan fingerprint density at radius 3 is 2.83 bits per heavy atom. The van der Waals surface area contributed by atoms with Gasteiger partial charge in [0, 0.05) is 17.0 Å². The number of fused-ring (bicyclic) bond motifs is 3. The third-order valence-electron chi connectivity index (χ3n) is 4.87. The third-order valence-corrected chi connectivity index (χ3v) is 7.37. The first kappa shape index (κ1) is 20.3. The molecule has 0 aliphatic carbocycles. The van der Waals surface area contributed by atoms with Gasteiger partial charge in [0.25, 0.3) is 5.91 Å². The molecule has 0 saturated carbocycles. The Morgan fingerprint density at radius 2 is 2.10 bits per heavy atom. The molecule has 4 rings (SSSR count). The molecule has 0 fully saturated rings. The maximum Gasteiger partial charge on any atom is 0.410 e. The summed E-state index contributed by atoms with van der Waals surface area (Å²) in [6.07, 6.45) is -0.464. The van der Waals surface area contributed by atoms with Crippen LogP contribution in [0.1, 0.15) is 39.5 Å². The summed E-state index contributed by atoms with van der Waals surface area (Å²) in [6, 6.07) is 1.55. The molecule has 0 bridgehead atoms. The molecule has 1 aromatic heterocycles. The van der Waals surface area contributed by atoms with Gasteiger partial charge in [0.15, 0.2) is 0 Å². The molecule has 4 N–H and O–H groups in total. The zero-order valence-electron chi connectivity index (χ0n) is 15.2. The number of halogens is 2.